The molecule has 2 nitrogen and oxygen atoms in total. The zero-order chi connectivity index (χ0) is 6.53. The molecule has 52 valence electrons. The number of nitrogens with one attached hydrogen (secondary N) is 1. The van der Waals surface area contributed by atoms with Crippen LogP contribution in [0.2, 0.25) is 0 Å². The van der Waals surface area contributed by atoms with Crippen molar-refractivity contribution >= 4 is 0 Å². The molecule has 9 heavy (non-hydrogen) atoms. The van der Waals surface area contributed by atoms with Gasteiger partial charge in [-0.05, 0) is 12.8 Å². The van der Waals surface area contributed by atoms with Crippen LogP contribution < -0.4 is 0 Å². The normalized spacial score (nSPS) is 23.1. The zero-order valence-corrected chi connectivity index (χ0v) is 5.77. The van der Waals surface area contributed by atoms with Gasteiger partial charge < -0.3 is 0 Å². The van der Waals surface area contributed by atoms with E-state index in [0.717, 1.165) is 12.8 Å². The second kappa shape index (κ2) is 3.59. The summed E-state index contributed by atoms with van der Waals surface area (Å²) in [5.74, 6) is 0. The van der Waals surface area contributed by atoms with Crippen molar-refractivity contribution in [1.29, 1.82) is 5.53 Å². The minimum atomic E-state index is 0.368. The van der Waals surface area contributed by atoms with E-state index in [1.54, 1.807) is 0 Å². The summed E-state index contributed by atoms with van der Waals surface area (Å²) in [6.07, 6.45) is 7.59. The minimum Gasteiger partial charge on any atom is -0.210 e. The van der Waals surface area contributed by atoms with Crippen LogP contribution in [0.5, 0.6) is 0 Å². The topological polar surface area (TPSA) is 36.2 Å². The molecule has 1 fully saturated rings. The highest BCUT2D eigenvalue weighted by molar-refractivity contribution is 4.67. The maximum Gasteiger partial charge on any atom is 0.0705 e. The second-order valence-corrected chi connectivity index (χ2v) is 2.77. The molecule has 0 unspecified atom stereocenters. The van der Waals surface area contributed by atoms with Crippen molar-refractivity contribution in [2.75, 3.05) is 0 Å². The molecule has 0 heterocycles. The first-order valence-electron chi connectivity index (χ1n) is 3.80. The van der Waals surface area contributed by atoms with Crippen LogP contribution >= 0.6 is 0 Å². The maximum atomic E-state index is 6.82. The molecule has 0 aromatic rings. The second-order valence-electron chi connectivity index (χ2n) is 2.77. The lowest BCUT2D eigenvalue weighted by Crippen LogP contribution is -1.99. The minimum absolute atomic E-state index is 0.368. The van der Waals surface area contributed by atoms with Gasteiger partial charge in [-0.15, -0.1) is 0 Å². The van der Waals surface area contributed by atoms with E-state index in [9.17, 15) is 0 Å². The van der Waals surface area contributed by atoms with E-state index < -0.39 is 0 Å². The van der Waals surface area contributed by atoms with E-state index in [-0.39, 0.29) is 0 Å². The summed E-state index contributed by atoms with van der Waals surface area (Å²) < 4.78 is 0. The third-order valence-electron chi connectivity index (χ3n) is 2.01. The van der Waals surface area contributed by atoms with Gasteiger partial charge in [0.15, 0.2) is 0 Å². The summed E-state index contributed by atoms with van der Waals surface area (Å²) in [5.41, 5.74) is 6.82. The first-order valence-corrected chi connectivity index (χ1v) is 3.80. The van der Waals surface area contributed by atoms with Gasteiger partial charge in [0, 0.05) is 0 Å². The molecule has 1 aliphatic rings. The highest BCUT2D eigenvalue weighted by Crippen LogP contribution is 2.18. The highest BCUT2D eigenvalue weighted by atomic mass is 15.0. The number of nitrogens with zero attached hydrogens (tertiary/aromatic N) is 1. The van der Waals surface area contributed by atoms with E-state index in [0.29, 0.717) is 6.04 Å². The molecule has 0 aromatic carbocycles. The molecule has 0 aliphatic heterocycles. The number of rotatable bonds is 1. The Morgan fingerprint density at radius 3 is 2.00 bits per heavy atom. The summed E-state index contributed by atoms with van der Waals surface area (Å²) in [6.45, 7) is 0. The van der Waals surface area contributed by atoms with Gasteiger partial charge in [0.1, 0.15) is 0 Å². The Labute approximate surface area is 56.2 Å². The lowest BCUT2D eigenvalue weighted by molar-refractivity contribution is 0.550. The van der Waals surface area contributed by atoms with Crippen molar-refractivity contribution < 1.29 is 0 Å². The molecule has 1 saturated carbocycles. The molecule has 0 bridgehead atoms. The van der Waals surface area contributed by atoms with Crippen LogP contribution in [0, 0.1) is 5.53 Å². The van der Waals surface area contributed by atoms with Crippen LogP contribution in [0.25, 0.3) is 0 Å². The predicted octanol–water partition coefficient (Wildman–Crippen LogP) is 2.74. The van der Waals surface area contributed by atoms with Crippen molar-refractivity contribution in [2.24, 2.45) is 5.11 Å². The largest absolute Gasteiger partial charge is 0.210 e. The van der Waals surface area contributed by atoms with Crippen LogP contribution in [0.15, 0.2) is 5.11 Å². The highest BCUT2D eigenvalue weighted by Gasteiger charge is 2.09. The molecule has 0 amide bonds. The SMILES string of the molecule is N=NC1CCCCCC1. The summed E-state index contributed by atoms with van der Waals surface area (Å²) in [6, 6.07) is 0.368. The van der Waals surface area contributed by atoms with Gasteiger partial charge in [0.05, 0.1) is 6.04 Å². The van der Waals surface area contributed by atoms with Crippen LogP contribution in [-0.4, -0.2) is 6.04 Å². The number of hydrogen-bond donors (Lipinski definition) is 1. The molecule has 1 aliphatic carbocycles. The third kappa shape index (κ3) is 2.12. The Hall–Kier alpha value is -0.400. The third-order valence-corrected chi connectivity index (χ3v) is 2.01. The fourth-order valence-corrected chi connectivity index (χ4v) is 1.39. The summed E-state index contributed by atoms with van der Waals surface area (Å²) in [7, 11) is 0. The summed E-state index contributed by atoms with van der Waals surface area (Å²) in [4.78, 5) is 0. The first kappa shape index (κ1) is 6.72. The quantitative estimate of drug-likeness (QED) is 0.414. The van der Waals surface area contributed by atoms with Crippen LogP contribution in [0.1, 0.15) is 38.5 Å². The van der Waals surface area contributed by atoms with Gasteiger partial charge >= 0.3 is 0 Å². The molecule has 0 spiro atoms. The monoisotopic (exact) mass is 126 g/mol. The molecule has 1 N–H and O–H groups in total. The van der Waals surface area contributed by atoms with Crippen molar-refractivity contribution in [2.45, 2.75) is 44.6 Å². The van der Waals surface area contributed by atoms with Gasteiger partial charge in [-0.2, -0.15) is 5.11 Å². The molecule has 0 radical (unpaired) electrons. The lowest BCUT2D eigenvalue weighted by atomic mass is 10.1. The molecule has 0 atom stereocenters. The molecule has 1 rings (SSSR count). The Morgan fingerprint density at radius 2 is 1.56 bits per heavy atom. The van der Waals surface area contributed by atoms with Crippen molar-refractivity contribution in [3.8, 4) is 0 Å². The Bertz CT molecular complexity index is 82.9. The van der Waals surface area contributed by atoms with Crippen molar-refractivity contribution in [1.82, 2.24) is 0 Å². The summed E-state index contributed by atoms with van der Waals surface area (Å²) in [5, 5.41) is 3.56. The smallest absolute Gasteiger partial charge is 0.0705 e. The Morgan fingerprint density at radius 1 is 1.00 bits per heavy atom. The Balaban J connectivity index is 2.26. The lowest BCUT2D eigenvalue weighted by Gasteiger charge is -2.02. The predicted molar refractivity (Wildman–Crippen MR) is 36.6 cm³/mol. The average Bonchev–Trinajstić information content (AvgIpc) is 2.13. The average molecular weight is 126 g/mol. The van der Waals surface area contributed by atoms with E-state index in [4.69, 9.17) is 5.53 Å². The van der Waals surface area contributed by atoms with Crippen molar-refractivity contribution in [3.63, 3.8) is 0 Å². The van der Waals surface area contributed by atoms with E-state index >= 15 is 0 Å². The van der Waals surface area contributed by atoms with Crippen LogP contribution in [-0.2, 0) is 0 Å². The molecular formula is C7H14N2. The maximum absolute atomic E-state index is 6.82. The fourth-order valence-electron chi connectivity index (χ4n) is 1.39. The van der Waals surface area contributed by atoms with Gasteiger partial charge in [-0.25, -0.2) is 5.53 Å². The molecular weight excluding hydrogens is 112 g/mol. The molecule has 0 aromatic heterocycles. The van der Waals surface area contributed by atoms with E-state index in [1.807, 2.05) is 0 Å². The van der Waals surface area contributed by atoms with Gasteiger partial charge in [-0.1, -0.05) is 25.7 Å². The van der Waals surface area contributed by atoms with Crippen molar-refractivity contribution in [3.05, 3.63) is 0 Å². The Kier molecular flexibility index (Phi) is 2.68. The van der Waals surface area contributed by atoms with Crippen LogP contribution in [0.3, 0.4) is 0 Å². The van der Waals surface area contributed by atoms with E-state index in [2.05, 4.69) is 5.11 Å². The van der Waals surface area contributed by atoms with E-state index in [1.165, 1.54) is 25.7 Å². The van der Waals surface area contributed by atoms with Gasteiger partial charge in [0.2, 0.25) is 0 Å². The first-order chi connectivity index (χ1) is 4.43. The van der Waals surface area contributed by atoms with Gasteiger partial charge in [-0.3, -0.25) is 0 Å². The zero-order valence-electron chi connectivity index (χ0n) is 5.77. The molecule has 0 saturated heterocycles. The van der Waals surface area contributed by atoms with Gasteiger partial charge in [0.25, 0.3) is 0 Å². The molecule has 2 heteroatoms. The summed E-state index contributed by atoms with van der Waals surface area (Å²) >= 11 is 0. The van der Waals surface area contributed by atoms with Crippen LogP contribution in [0.4, 0.5) is 0 Å². The standard InChI is InChI=1S/C7H14N2/c8-9-7-5-3-1-2-4-6-7/h7-8H,1-6H2. The number of hydrogen-bond acceptors (Lipinski definition) is 2. The fraction of sp³-hybridized carbons (Fsp3) is 1.00.